The summed E-state index contributed by atoms with van der Waals surface area (Å²) in [7, 11) is 0. The van der Waals surface area contributed by atoms with Crippen LogP contribution in [0, 0.1) is 11.6 Å². The van der Waals surface area contributed by atoms with Crippen molar-refractivity contribution in [3.8, 4) is 22.9 Å². The van der Waals surface area contributed by atoms with Gasteiger partial charge in [0, 0.05) is 73.8 Å². The van der Waals surface area contributed by atoms with Crippen LogP contribution in [0.1, 0.15) is 56.8 Å². The minimum Gasteiger partial charge on any atom is -0.494 e. The molecule has 272 valence electrons. The predicted octanol–water partition coefficient (Wildman–Crippen LogP) is 6.82. The Bertz CT molecular complexity index is 1850. The number of quaternary nitrogens is 1. The highest BCUT2D eigenvalue weighted by atomic mass is 19.1. The molecule has 3 aromatic carbocycles. The monoisotopic (exact) mass is 703 g/mol. The lowest BCUT2D eigenvalue weighted by Gasteiger charge is -2.50. The lowest BCUT2D eigenvalue weighted by molar-refractivity contribution is -0.941. The zero-order chi connectivity index (χ0) is 36.0. The molecule has 0 radical (unpaired) electrons. The van der Waals surface area contributed by atoms with Gasteiger partial charge in [0.2, 0.25) is 5.43 Å². The molecule has 1 amide bonds. The molecule has 0 unspecified atom stereocenters. The molecule has 0 spiro atoms. The normalized spacial score (nSPS) is 18.2. The van der Waals surface area contributed by atoms with Crippen molar-refractivity contribution in [2.24, 2.45) is 0 Å². The van der Waals surface area contributed by atoms with Crippen LogP contribution in [0.5, 0.6) is 17.2 Å². The highest BCUT2D eigenvalue weighted by Crippen LogP contribution is 2.30. The Morgan fingerprint density at radius 3 is 2.06 bits per heavy atom. The second-order valence-corrected chi connectivity index (χ2v) is 13.5. The van der Waals surface area contributed by atoms with E-state index in [1.54, 1.807) is 29.7 Å². The molecule has 1 aromatic heterocycles. The highest BCUT2D eigenvalue weighted by Gasteiger charge is 2.37. The van der Waals surface area contributed by atoms with Gasteiger partial charge in [-0.15, -0.1) is 0 Å². The zero-order valence-electron chi connectivity index (χ0n) is 30.0. The van der Waals surface area contributed by atoms with Gasteiger partial charge in [-0.25, -0.2) is 8.78 Å². The second kappa shape index (κ2) is 16.2. The Morgan fingerprint density at radius 1 is 0.784 bits per heavy atom. The fraction of sp³-hybridized carbons (Fsp3) is 0.450. The topological polar surface area (TPSA) is 73.2 Å². The quantitative estimate of drug-likeness (QED) is 0.0943. The molecule has 3 saturated heterocycles. The van der Waals surface area contributed by atoms with Gasteiger partial charge in [-0.05, 0) is 70.7 Å². The number of ether oxygens (including phenoxy) is 3. The first-order valence-corrected chi connectivity index (χ1v) is 18.3. The van der Waals surface area contributed by atoms with Gasteiger partial charge >= 0.3 is 0 Å². The van der Waals surface area contributed by atoms with E-state index < -0.39 is 23.0 Å². The summed E-state index contributed by atoms with van der Waals surface area (Å²) in [6.45, 7) is 15.8. The van der Waals surface area contributed by atoms with Crippen molar-refractivity contribution in [2.75, 3.05) is 77.1 Å². The number of hydrogen-bond acceptors (Lipinski definition) is 6. The molecular formula is C40H49F2N4O5+. The minimum absolute atomic E-state index is 0.0184. The van der Waals surface area contributed by atoms with E-state index >= 15 is 0 Å². The minimum atomic E-state index is -0.820. The van der Waals surface area contributed by atoms with Crippen LogP contribution in [0.15, 0.2) is 65.6 Å². The number of pyridine rings is 1. The van der Waals surface area contributed by atoms with Gasteiger partial charge in [0.15, 0.2) is 0 Å². The van der Waals surface area contributed by atoms with Gasteiger partial charge in [0.25, 0.3) is 5.91 Å². The molecule has 7 rings (SSSR count). The number of nitrogens with zero attached hydrogens (tertiary/aromatic N) is 4. The Morgan fingerprint density at radius 2 is 1.43 bits per heavy atom. The van der Waals surface area contributed by atoms with Crippen LogP contribution in [0.4, 0.5) is 14.5 Å². The number of carbonyl (C=O) groups is 1. The Balaban J connectivity index is 1.27. The van der Waals surface area contributed by atoms with Crippen LogP contribution < -0.4 is 24.5 Å². The average Bonchev–Trinajstić information content (AvgIpc) is 3.12. The molecule has 9 nitrogen and oxygen atoms in total. The summed E-state index contributed by atoms with van der Waals surface area (Å²) in [4.78, 5) is 31.8. The Labute approximate surface area is 298 Å². The largest absolute Gasteiger partial charge is 0.494 e. The molecule has 2 bridgehead atoms. The number of benzene rings is 3. The summed E-state index contributed by atoms with van der Waals surface area (Å²) in [6, 6.07) is 13.5. The number of amides is 1. The van der Waals surface area contributed by atoms with E-state index in [0.29, 0.717) is 53.7 Å². The standard InChI is InChI=1S/C40H49F2N4O5/c1-4-44(31-22-29(41)21-30(42)23-31)40(48)37-28-45(32-24-34(49-5-2)26-35(25-32)50-6-3)38-27-33(11-12-36(38)39(37)47)51-20-10-8-7-9-16-46-17-13-43(14-18-46)15-19-46/h11-12,21-28H,4-10,13-20H2,1-3H3/q+1. The van der Waals surface area contributed by atoms with E-state index in [4.69, 9.17) is 14.2 Å². The molecule has 3 fully saturated rings. The van der Waals surface area contributed by atoms with Crippen molar-refractivity contribution in [3.05, 3.63) is 88.2 Å². The Hall–Kier alpha value is -4.48. The fourth-order valence-electron chi connectivity index (χ4n) is 7.40. The van der Waals surface area contributed by atoms with Crippen LogP contribution in [-0.2, 0) is 0 Å². The van der Waals surface area contributed by atoms with E-state index in [0.717, 1.165) is 31.0 Å². The SMILES string of the molecule is CCOc1cc(OCC)cc(-n2cc(C(=O)N(CC)c3cc(F)cc(F)c3)c(=O)c3ccc(OCCCCCC[N+]45CCN(CC4)CC5)cc32)c1. The van der Waals surface area contributed by atoms with Crippen molar-refractivity contribution in [1.29, 1.82) is 0 Å². The molecule has 3 aliphatic heterocycles. The third-order valence-electron chi connectivity index (χ3n) is 10.2. The molecule has 11 heteroatoms. The van der Waals surface area contributed by atoms with E-state index in [9.17, 15) is 18.4 Å². The number of carbonyl (C=O) groups excluding carboxylic acids is 1. The number of aromatic nitrogens is 1. The zero-order valence-corrected chi connectivity index (χ0v) is 30.0. The number of rotatable bonds is 16. The van der Waals surface area contributed by atoms with Crippen LogP contribution in [0.25, 0.3) is 16.6 Å². The van der Waals surface area contributed by atoms with E-state index in [1.165, 1.54) is 74.2 Å². The number of hydrogen-bond donors (Lipinski definition) is 0. The first kappa shape index (κ1) is 36.3. The predicted molar refractivity (Wildman–Crippen MR) is 196 cm³/mol. The molecule has 0 saturated carbocycles. The third kappa shape index (κ3) is 8.37. The summed E-state index contributed by atoms with van der Waals surface area (Å²) in [5.41, 5.74) is 0.493. The summed E-state index contributed by atoms with van der Waals surface area (Å²) < 4.78 is 49.3. The number of halogens is 2. The number of unbranched alkanes of at least 4 members (excludes halogenated alkanes) is 3. The smallest absolute Gasteiger partial charge is 0.263 e. The van der Waals surface area contributed by atoms with Gasteiger partial charge in [0.05, 0.1) is 57.2 Å². The average molecular weight is 704 g/mol. The van der Waals surface area contributed by atoms with Crippen molar-refractivity contribution in [1.82, 2.24) is 9.47 Å². The van der Waals surface area contributed by atoms with Crippen molar-refractivity contribution >= 4 is 22.5 Å². The van der Waals surface area contributed by atoms with Gasteiger partial charge in [-0.2, -0.15) is 0 Å². The summed E-state index contributed by atoms with van der Waals surface area (Å²) >= 11 is 0. The van der Waals surface area contributed by atoms with Crippen molar-refractivity contribution in [3.63, 3.8) is 0 Å². The maximum absolute atomic E-state index is 14.2. The van der Waals surface area contributed by atoms with Gasteiger partial charge < -0.3 is 28.2 Å². The second-order valence-electron chi connectivity index (χ2n) is 13.5. The number of piperazine rings is 3. The van der Waals surface area contributed by atoms with E-state index in [2.05, 4.69) is 4.90 Å². The fourth-order valence-corrected chi connectivity index (χ4v) is 7.40. The maximum atomic E-state index is 14.2. The van der Waals surface area contributed by atoms with Crippen LogP contribution >= 0.6 is 0 Å². The maximum Gasteiger partial charge on any atom is 0.263 e. The lowest BCUT2D eigenvalue weighted by Crippen LogP contribution is -2.67. The number of anilines is 1. The van der Waals surface area contributed by atoms with Crippen LogP contribution in [0.2, 0.25) is 0 Å². The van der Waals surface area contributed by atoms with Crippen molar-refractivity contribution < 1.29 is 32.3 Å². The van der Waals surface area contributed by atoms with E-state index in [1.807, 2.05) is 32.0 Å². The number of fused-ring (bicyclic) bond motifs is 4. The van der Waals surface area contributed by atoms with Gasteiger partial charge in [-0.1, -0.05) is 0 Å². The summed E-state index contributed by atoms with van der Waals surface area (Å²) in [5.74, 6) is -0.594. The first-order valence-electron chi connectivity index (χ1n) is 18.3. The molecule has 4 aromatic rings. The van der Waals surface area contributed by atoms with E-state index in [-0.39, 0.29) is 17.8 Å². The van der Waals surface area contributed by atoms with Crippen LogP contribution in [-0.4, -0.2) is 92.0 Å². The molecule has 3 aliphatic rings. The van der Waals surface area contributed by atoms with Gasteiger partial charge in [0.1, 0.15) is 34.4 Å². The lowest BCUT2D eigenvalue weighted by atomic mass is 10.1. The molecule has 51 heavy (non-hydrogen) atoms. The molecular weight excluding hydrogens is 654 g/mol. The Kier molecular flexibility index (Phi) is 11.6. The molecule has 0 aliphatic carbocycles. The first-order chi connectivity index (χ1) is 24.7. The molecule has 0 atom stereocenters. The summed E-state index contributed by atoms with van der Waals surface area (Å²) in [5, 5.41) is 0.292. The van der Waals surface area contributed by atoms with Gasteiger partial charge in [-0.3, -0.25) is 14.5 Å². The third-order valence-corrected chi connectivity index (χ3v) is 10.2. The van der Waals surface area contributed by atoms with Crippen molar-refractivity contribution in [2.45, 2.75) is 46.5 Å². The molecule has 4 heterocycles. The summed E-state index contributed by atoms with van der Waals surface area (Å²) in [6.07, 6.45) is 5.90. The highest BCUT2D eigenvalue weighted by molar-refractivity contribution is 6.07. The van der Waals surface area contributed by atoms with Crippen LogP contribution in [0.3, 0.4) is 0 Å². The molecule has 0 N–H and O–H groups in total.